The third-order valence-corrected chi connectivity index (χ3v) is 3.61. The average molecular weight is 286 g/mol. The SMILES string of the molecule is O=C(O)C1CCN(C(=O)c2cccc(Cl)c2F)CC1. The van der Waals surface area contributed by atoms with Crippen molar-refractivity contribution in [3.63, 3.8) is 0 Å². The lowest BCUT2D eigenvalue weighted by Gasteiger charge is -2.30. The normalized spacial score (nSPS) is 16.4. The highest BCUT2D eigenvalue weighted by molar-refractivity contribution is 6.31. The highest BCUT2D eigenvalue weighted by Gasteiger charge is 2.28. The van der Waals surface area contributed by atoms with Crippen LogP contribution in [0.2, 0.25) is 5.02 Å². The number of benzene rings is 1. The van der Waals surface area contributed by atoms with Crippen LogP contribution in [-0.2, 0) is 4.79 Å². The first-order chi connectivity index (χ1) is 9.00. The van der Waals surface area contributed by atoms with E-state index in [9.17, 15) is 14.0 Å². The second kappa shape index (κ2) is 5.57. The van der Waals surface area contributed by atoms with Gasteiger partial charge in [0, 0.05) is 13.1 Å². The molecule has 0 bridgehead atoms. The maximum absolute atomic E-state index is 13.7. The van der Waals surface area contributed by atoms with Gasteiger partial charge < -0.3 is 10.0 Å². The fourth-order valence-electron chi connectivity index (χ4n) is 2.17. The van der Waals surface area contributed by atoms with Crippen LogP contribution in [0.15, 0.2) is 18.2 Å². The summed E-state index contributed by atoms with van der Waals surface area (Å²) in [7, 11) is 0. The molecule has 1 aromatic rings. The zero-order valence-corrected chi connectivity index (χ0v) is 10.9. The van der Waals surface area contributed by atoms with Gasteiger partial charge in [-0.2, -0.15) is 0 Å². The van der Waals surface area contributed by atoms with E-state index in [0.29, 0.717) is 25.9 Å². The summed E-state index contributed by atoms with van der Waals surface area (Å²) < 4.78 is 13.7. The average Bonchev–Trinajstić information content (AvgIpc) is 2.41. The molecule has 1 N–H and O–H groups in total. The molecule has 0 atom stereocenters. The summed E-state index contributed by atoms with van der Waals surface area (Å²) in [5.74, 6) is -2.44. The lowest BCUT2D eigenvalue weighted by Crippen LogP contribution is -2.40. The van der Waals surface area contributed by atoms with Gasteiger partial charge in [-0.3, -0.25) is 9.59 Å². The van der Waals surface area contributed by atoms with E-state index in [1.165, 1.54) is 23.1 Å². The molecule has 1 fully saturated rings. The highest BCUT2D eigenvalue weighted by Crippen LogP contribution is 2.23. The Kier molecular flexibility index (Phi) is 4.04. The number of piperidine rings is 1. The minimum Gasteiger partial charge on any atom is -0.481 e. The molecule has 19 heavy (non-hydrogen) atoms. The molecule has 1 heterocycles. The van der Waals surface area contributed by atoms with Crippen molar-refractivity contribution in [1.29, 1.82) is 0 Å². The summed E-state index contributed by atoms with van der Waals surface area (Å²) in [6, 6.07) is 4.28. The molecule has 1 aromatic carbocycles. The van der Waals surface area contributed by atoms with Crippen molar-refractivity contribution in [2.24, 2.45) is 5.92 Å². The molecule has 0 radical (unpaired) electrons. The van der Waals surface area contributed by atoms with Gasteiger partial charge in [0.2, 0.25) is 0 Å². The highest BCUT2D eigenvalue weighted by atomic mass is 35.5. The molecule has 0 aromatic heterocycles. The largest absolute Gasteiger partial charge is 0.481 e. The third-order valence-electron chi connectivity index (χ3n) is 3.31. The number of carbonyl (C=O) groups excluding carboxylic acids is 1. The number of carbonyl (C=O) groups is 2. The van der Waals surface area contributed by atoms with Crippen molar-refractivity contribution in [2.45, 2.75) is 12.8 Å². The molecule has 1 aliphatic rings. The Hall–Kier alpha value is -1.62. The number of halogens is 2. The van der Waals surface area contributed by atoms with Crippen LogP contribution in [0.3, 0.4) is 0 Å². The fraction of sp³-hybridized carbons (Fsp3) is 0.385. The van der Waals surface area contributed by atoms with E-state index >= 15 is 0 Å². The van der Waals surface area contributed by atoms with E-state index < -0.39 is 23.6 Å². The molecule has 1 saturated heterocycles. The van der Waals surface area contributed by atoms with Crippen molar-refractivity contribution in [1.82, 2.24) is 4.90 Å². The van der Waals surface area contributed by atoms with Gasteiger partial charge in [-0.05, 0) is 25.0 Å². The van der Waals surface area contributed by atoms with E-state index in [2.05, 4.69) is 0 Å². The number of hydrogen-bond donors (Lipinski definition) is 1. The van der Waals surface area contributed by atoms with Gasteiger partial charge in [0.1, 0.15) is 0 Å². The van der Waals surface area contributed by atoms with Crippen LogP contribution in [0.4, 0.5) is 4.39 Å². The lowest BCUT2D eigenvalue weighted by molar-refractivity contribution is -0.143. The number of carboxylic acids is 1. The Labute approximate surface area is 114 Å². The summed E-state index contributed by atoms with van der Waals surface area (Å²) in [6.45, 7) is 0.642. The van der Waals surface area contributed by atoms with Gasteiger partial charge in [0.05, 0.1) is 16.5 Å². The zero-order chi connectivity index (χ0) is 14.0. The van der Waals surface area contributed by atoms with Crippen LogP contribution in [0.25, 0.3) is 0 Å². The van der Waals surface area contributed by atoms with Gasteiger partial charge in [-0.1, -0.05) is 17.7 Å². The summed E-state index contributed by atoms with van der Waals surface area (Å²) in [6.07, 6.45) is 0.784. The Morgan fingerprint density at radius 2 is 1.95 bits per heavy atom. The number of rotatable bonds is 2. The van der Waals surface area contributed by atoms with Gasteiger partial charge in [-0.15, -0.1) is 0 Å². The van der Waals surface area contributed by atoms with Crippen LogP contribution in [0.5, 0.6) is 0 Å². The third kappa shape index (κ3) is 2.87. The quantitative estimate of drug-likeness (QED) is 0.908. The number of hydrogen-bond acceptors (Lipinski definition) is 2. The van der Waals surface area contributed by atoms with E-state index in [-0.39, 0.29) is 10.6 Å². The second-order valence-corrected chi connectivity index (χ2v) is 4.91. The molecule has 4 nitrogen and oxygen atoms in total. The smallest absolute Gasteiger partial charge is 0.306 e. The van der Waals surface area contributed by atoms with E-state index in [4.69, 9.17) is 16.7 Å². The maximum atomic E-state index is 13.7. The van der Waals surface area contributed by atoms with Gasteiger partial charge in [-0.25, -0.2) is 4.39 Å². The molecule has 1 amide bonds. The van der Waals surface area contributed by atoms with E-state index in [1.807, 2.05) is 0 Å². The van der Waals surface area contributed by atoms with Gasteiger partial charge in [0.25, 0.3) is 5.91 Å². The minimum absolute atomic E-state index is 0.0683. The topological polar surface area (TPSA) is 57.6 Å². The predicted molar refractivity (Wildman–Crippen MR) is 67.7 cm³/mol. The summed E-state index contributed by atoms with van der Waals surface area (Å²) >= 11 is 5.64. The number of likely N-dealkylation sites (tertiary alicyclic amines) is 1. The maximum Gasteiger partial charge on any atom is 0.306 e. The first kappa shape index (κ1) is 13.8. The van der Waals surface area contributed by atoms with E-state index in [1.54, 1.807) is 0 Å². The Morgan fingerprint density at radius 3 is 2.53 bits per heavy atom. The van der Waals surface area contributed by atoms with Crippen LogP contribution in [0.1, 0.15) is 23.2 Å². The Morgan fingerprint density at radius 1 is 1.32 bits per heavy atom. The lowest BCUT2D eigenvalue weighted by atomic mass is 9.96. The van der Waals surface area contributed by atoms with E-state index in [0.717, 1.165) is 0 Å². The summed E-state index contributed by atoms with van der Waals surface area (Å²) in [4.78, 5) is 24.4. The molecular weight excluding hydrogens is 273 g/mol. The predicted octanol–water partition coefficient (Wildman–Crippen LogP) is 2.42. The molecule has 0 spiro atoms. The summed E-state index contributed by atoms with van der Waals surface area (Å²) in [5.41, 5.74) is -0.0683. The van der Waals surface area contributed by atoms with Crippen LogP contribution >= 0.6 is 11.6 Å². The standard InChI is InChI=1S/C13H13ClFNO3/c14-10-3-1-2-9(11(10)15)12(17)16-6-4-8(5-7-16)13(18)19/h1-3,8H,4-7H2,(H,18,19). The zero-order valence-electron chi connectivity index (χ0n) is 10.1. The Balaban J connectivity index is 2.09. The van der Waals surface area contributed by atoms with Crippen LogP contribution in [-0.4, -0.2) is 35.0 Å². The molecular formula is C13H13ClFNO3. The fourth-order valence-corrected chi connectivity index (χ4v) is 2.34. The number of aliphatic carboxylic acids is 1. The monoisotopic (exact) mass is 285 g/mol. The molecule has 1 aliphatic heterocycles. The van der Waals surface area contributed by atoms with Gasteiger partial charge >= 0.3 is 5.97 Å². The molecule has 0 aliphatic carbocycles. The number of nitrogens with zero attached hydrogens (tertiary/aromatic N) is 1. The molecule has 6 heteroatoms. The number of carboxylic acid groups (broad SMARTS) is 1. The molecule has 102 valence electrons. The van der Waals surface area contributed by atoms with Crippen molar-refractivity contribution >= 4 is 23.5 Å². The van der Waals surface area contributed by atoms with Crippen LogP contribution in [0, 0.1) is 11.7 Å². The second-order valence-electron chi connectivity index (χ2n) is 4.51. The van der Waals surface area contributed by atoms with Crippen molar-refractivity contribution < 1.29 is 19.1 Å². The van der Waals surface area contributed by atoms with Crippen molar-refractivity contribution in [2.75, 3.05) is 13.1 Å². The first-order valence-corrected chi connectivity index (χ1v) is 6.34. The minimum atomic E-state index is -0.846. The molecule has 0 unspecified atom stereocenters. The van der Waals surface area contributed by atoms with Gasteiger partial charge in [0.15, 0.2) is 5.82 Å². The molecule has 2 rings (SSSR count). The molecule has 0 saturated carbocycles. The van der Waals surface area contributed by atoms with Crippen molar-refractivity contribution in [3.8, 4) is 0 Å². The van der Waals surface area contributed by atoms with Crippen molar-refractivity contribution in [3.05, 3.63) is 34.6 Å². The first-order valence-electron chi connectivity index (χ1n) is 5.97. The van der Waals surface area contributed by atoms with Crippen LogP contribution < -0.4 is 0 Å². The number of amides is 1. The Bertz CT molecular complexity index is 513. The summed E-state index contributed by atoms with van der Waals surface area (Å²) in [5, 5.41) is 8.79.